The van der Waals surface area contributed by atoms with E-state index in [9.17, 15) is 14.3 Å². The minimum atomic E-state index is -4.29. The van der Waals surface area contributed by atoms with Crippen molar-refractivity contribution in [3.05, 3.63) is 11.6 Å². The lowest BCUT2D eigenvalue weighted by molar-refractivity contribution is -0.870. The highest BCUT2D eigenvalue weighted by atomic mass is 31.2. The molecule has 0 amide bonds. The molecule has 0 aliphatic heterocycles. The third-order valence-electron chi connectivity index (χ3n) is 11.9. The summed E-state index contributed by atoms with van der Waals surface area (Å²) in [6.07, 6.45) is 15.7. The van der Waals surface area contributed by atoms with Crippen LogP contribution >= 0.6 is 7.82 Å². The van der Waals surface area contributed by atoms with Gasteiger partial charge < -0.3 is 14.1 Å². The zero-order valence-electron chi connectivity index (χ0n) is 27.9. The molecule has 3 saturated carbocycles. The van der Waals surface area contributed by atoms with E-state index in [-0.39, 0.29) is 18.1 Å². The number of quaternary nitrogens is 1. The van der Waals surface area contributed by atoms with Crippen LogP contribution in [0.15, 0.2) is 11.6 Å². The van der Waals surface area contributed by atoms with Crippen LogP contribution in [-0.2, 0) is 23.1 Å². The van der Waals surface area contributed by atoms with E-state index >= 15 is 0 Å². The molecule has 7 nitrogen and oxygen atoms in total. The number of likely N-dealkylation sites (N-methyl/N-ethyl adjacent to an activating group) is 1. The molecular weight excluding hydrogens is 549 g/mol. The molecule has 0 aromatic heterocycles. The smallest absolute Gasteiger partial charge is 0.460 e. The molecule has 0 heterocycles. The summed E-state index contributed by atoms with van der Waals surface area (Å²) >= 11 is 0. The predicted octanol–water partition coefficient (Wildman–Crippen LogP) is 7.78. The first-order valence-corrected chi connectivity index (χ1v) is 18.3. The summed E-state index contributed by atoms with van der Waals surface area (Å²) in [4.78, 5) is 22.5. The number of allylic oxidation sites excluding steroid dienone is 1. The van der Waals surface area contributed by atoms with Crippen molar-refractivity contribution in [2.45, 2.75) is 111 Å². The Bertz CT molecular complexity index is 1020. The number of hydrogen-bond donors (Lipinski definition) is 1. The largest absolute Gasteiger partial charge is 0.472 e. The number of ether oxygens (including phenoxy) is 1. The molecule has 9 atom stereocenters. The number of carbonyl (C=O) groups excluding carboxylic acids is 1. The lowest BCUT2D eigenvalue weighted by Crippen LogP contribution is -2.51. The van der Waals surface area contributed by atoms with Crippen LogP contribution in [0.3, 0.4) is 0 Å². The second-order valence-electron chi connectivity index (χ2n) is 16.2. The molecule has 0 radical (unpaired) electrons. The summed E-state index contributed by atoms with van der Waals surface area (Å²) in [5, 5.41) is 0. The molecule has 3 fully saturated rings. The molecular formula is C34H61NO6P+. The van der Waals surface area contributed by atoms with Gasteiger partial charge in [0.2, 0.25) is 0 Å². The van der Waals surface area contributed by atoms with Gasteiger partial charge in [-0.15, -0.1) is 0 Å². The molecule has 4 rings (SSSR count). The number of nitrogens with zero attached hydrogens (tertiary/aromatic N) is 1. The predicted molar refractivity (Wildman–Crippen MR) is 168 cm³/mol. The van der Waals surface area contributed by atoms with Crippen LogP contribution < -0.4 is 0 Å². The average molecular weight is 611 g/mol. The Morgan fingerprint density at radius 3 is 2.48 bits per heavy atom. The van der Waals surface area contributed by atoms with E-state index in [2.05, 4.69) is 40.7 Å². The normalized spacial score (nSPS) is 36.8. The molecule has 42 heavy (non-hydrogen) atoms. The molecule has 0 bridgehead atoms. The number of hydrogen-bond acceptors (Lipinski definition) is 5. The number of phosphoric ester groups is 1. The maximum atomic E-state index is 12.5. The first-order chi connectivity index (χ1) is 19.5. The Morgan fingerprint density at radius 1 is 1.05 bits per heavy atom. The van der Waals surface area contributed by atoms with Gasteiger partial charge in [-0.05, 0) is 91.3 Å². The van der Waals surface area contributed by atoms with Crippen molar-refractivity contribution in [2.24, 2.45) is 46.3 Å². The monoisotopic (exact) mass is 610 g/mol. The Labute approximate surface area is 256 Å². The number of fused-ring (bicyclic) bond motifs is 5. The first-order valence-electron chi connectivity index (χ1n) is 16.9. The fourth-order valence-electron chi connectivity index (χ4n) is 9.57. The molecule has 0 saturated heterocycles. The van der Waals surface area contributed by atoms with Crippen molar-refractivity contribution in [3.63, 3.8) is 0 Å². The molecule has 0 spiro atoms. The summed E-state index contributed by atoms with van der Waals surface area (Å²) in [7, 11) is 1.60. The van der Waals surface area contributed by atoms with Crippen molar-refractivity contribution in [2.75, 3.05) is 40.9 Å². The SMILES string of the molecule is CC(C)CCC[C@@H](C)[C@H]1CCC2C3CC=C4C[C@@H](OC(=O)COP(=O)(O)OCC[N+](C)(C)C)CC[C@]4(C)C3CC[C@@]21C. The van der Waals surface area contributed by atoms with Gasteiger partial charge in [-0.2, -0.15) is 0 Å². The second-order valence-corrected chi connectivity index (χ2v) is 17.7. The molecule has 8 heteroatoms. The third-order valence-corrected chi connectivity index (χ3v) is 12.9. The van der Waals surface area contributed by atoms with E-state index in [1.165, 1.54) is 50.5 Å². The van der Waals surface area contributed by atoms with Crippen LogP contribution in [0.2, 0.25) is 0 Å². The van der Waals surface area contributed by atoms with E-state index in [0.717, 1.165) is 61.2 Å². The molecule has 4 aliphatic carbocycles. The third kappa shape index (κ3) is 7.91. The molecule has 1 N–H and O–H groups in total. The summed E-state index contributed by atoms with van der Waals surface area (Å²) in [6, 6.07) is 0. The highest BCUT2D eigenvalue weighted by molar-refractivity contribution is 7.47. The molecule has 242 valence electrons. The minimum Gasteiger partial charge on any atom is -0.460 e. The zero-order chi connectivity index (χ0) is 30.9. The van der Waals surface area contributed by atoms with Crippen molar-refractivity contribution in [1.29, 1.82) is 0 Å². The lowest BCUT2D eigenvalue weighted by atomic mass is 9.47. The van der Waals surface area contributed by atoms with Gasteiger partial charge >= 0.3 is 13.8 Å². The minimum absolute atomic E-state index is 0.0713. The maximum absolute atomic E-state index is 12.5. The van der Waals surface area contributed by atoms with Gasteiger partial charge in [0.15, 0.2) is 6.61 Å². The zero-order valence-corrected chi connectivity index (χ0v) is 28.8. The Hall–Kier alpha value is -0.720. The van der Waals surface area contributed by atoms with Crippen LogP contribution in [0.25, 0.3) is 0 Å². The van der Waals surface area contributed by atoms with Crippen LogP contribution in [0.5, 0.6) is 0 Å². The number of rotatable bonds is 13. The summed E-state index contributed by atoms with van der Waals surface area (Å²) < 4.78 is 28.5. The molecule has 0 aromatic rings. The lowest BCUT2D eigenvalue weighted by Gasteiger charge is -2.58. The Morgan fingerprint density at radius 2 is 1.79 bits per heavy atom. The second kappa shape index (κ2) is 13.3. The fourth-order valence-corrected chi connectivity index (χ4v) is 10.2. The van der Waals surface area contributed by atoms with E-state index in [1.54, 1.807) is 0 Å². The number of esters is 1. The van der Waals surface area contributed by atoms with E-state index in [0.29, 0.717) is 16.4 Å². The van der Waals surface area contributed by atoms with Gasteiger partial charge in [-0.25, -0.2) is 9.36 Å². The van der Waals surface area contributed by atoms with Gasteiger partial charge in [0.1, 0.15) is 19.3 Å². The van der Waals surface area contributed by atoms with E-state index in [4.69, 9.17) is 13.8 Å². The highest BCUT2D eigenvalue weighted by Crippen LogP contribution is 2.67. The molecule has 4 unspecified atom stereocenters. The average Bonchev–Trinajstić information content (AvgIpc) is 3.24. The number of phosphoric acid groups is 1. The van der Waals surface area contributed by atoms with Crippen molar-refractivity contribution < 1.29 is 32.5 Å². The number of carbonyl (C=O) groups is 1. The summed E-state index contributed by atoms with van der Waals surface area (Å²) in [5.41, 5.74) is 2.13. The van der Waals surface area contributed by atoms with Crippen LogP contribution in [-0.4, -0.2) is 62.4 Å². The van der Waals surface area contributed by atoms with E-state index < -0.39 is 20.4 Å². The van der Waals surface area contributed by atoms with Crippen molar-refractivity contribution in [3.8, 4) is 0 Å². The standard InChI is InChI=1S/C34H60NO6P/c1-24(2)10-9-11-25(3)29-14-15-30-28-13-12-26-22-27(16-18-33(26,4)31(28)17-19-34(29,30)5)41-32(36)23-40-42(37,38)39-21-20-35(6,7)8/h12,24-25,27-31H,9-11,13-23H2,1-8H3/p+1/t25-,27+,28?,29-,30?,31?,33+,34-/m1/s1. The van der Waals surface area contributed by atoms with Gasteiger partial charge in [-0.1, -0.05) is 65.5 Å². The summed E-state index contributed by atoms with van der Waals surface area (Å²) in [6.45, 7) is 12.4. The Balaban J connectivity index is 1.31. The first kappa shape index (κ1) is 34.2. The van der Waals surface area contributed by atoms with Gasteiger partial charge in [0.25, 0.3) is 0 Å². The van der Waals surface area contributed by atoms with Crippen molar-refractivity contribution in [1.82, 2.24) is 0 Å². The van der Waals surface area contributed by atoms with Crippen molar-refractivity contribution >= 4 is 13.8 Å². The van der Waals surface area contributed by atoms with Crippen LogP contribution in [0.1, 0.15) is 105 Å². The summed E-state index contributed by atoms with van der Waals surface area (Å²) in [5.74, 6) is 4.21. The Kier molecular flexibility index (Phi) is 10.8. The topological polar surface area (TPSA) is 82.1 Å². The van der Waals surface area contributed by atoms with Crippen LogP contribution in [0.4, 0.5) is 0 Å². The van der Waals surface area contributed by atoms with Gasteiger partial charge in [-0.3, -0.25) is 9.05 Å². The fraction of sp³-hybridized carbons (Fsp3) is 0.912. The van der Waals surface area contributed by atoms with Gasteiger partial charge in [0.05, 0.1) is 21.1 Å². The maximum Gasteiger partial charge on any atom is 0.472 e. The highest BCUT2D eigenvalue weighted by Gasteiger charge is 2.59. The quantitative estimate of drug-likeness (QED) is 0.0993. The molecule has 0 aromatic carbocycles. The molecule has 4 aliphatic rings. The van der Waals surface area contributed by atoms with E-state index in [1.807, 2.05) is 21.1 Å². The van der Waals surface area contributed by atoms with Gasteiger partial charge in [0, 0.05) is 6.42 Å². The van der Waals surface area contributed by atoms with Crippen LogP contribution in [0, 0.1) is 46.3 Å².